The fourth-order valence-electron chi connectivity index (χ4n) is 3.94. The molecule has 1 N–H and O–H groups in total. The van der Waals surface area contributed by atoms with Crippen LogP contribution in [0.15, 0.2) is 23.1 Å². The molecule has 1 aromatic carbocycles. The fourth-order valence-corrected chi connectivity index (χ4v) is 5.67. The van der Waals surface area contributed by atoms with Crippen molar-refractivity contribution in [1.82, 2.24) is 10.2 Å². The molecule has 2 saturated heterocycles. The van der Waals surface area contributed by atoms with E-state index in [2.05, 4.69) is 10.2 Å². The van der Waals surface area contributed by atoms with E-state index in [1.807, 2.05) is 12.1 Å². The number of nitrogens with one attached hydrogen (secondary N) is 1. The highest BCUT2D eigenvalue weighted by atomic mass is 35.5. The summed E-state index contributed by atoms with van der Waals surface area (Å²) < 4.78 is 24.8. The molecule has 3 rings (SSSR count). The predicted molar refractivity (Wildman–Crippen MR) is 93.6 cm³/mol. The first kappa shape index (κ1) is 17.2. The minimum atomic E-state index is -3.30. The van der Waals surface area contributed by atoms with Crippen LogP contribution >= 0.6 is 11.6 Å². The SMILES string of the molecule is CCS(=O)(=O)c1c(Cl)cccc1CN1CCC2(CCNCC2)C1. The lowest BCUT2D eigenvalue weighted by Gasteiger charge is -2.34. The first-order valence-corrected chi connectivity index (χ1v) is 10.4. The molecule has 0 unspecified atom stereocenters. The number of nitrogens with zero attached hydrogens (tertiary/aromatic N) is 1. The third-order valence-corrected chi connectivity index (χ3v) is 7.61. The normalized spacial score (nSPS) is 21.8. The Hall–Kier alpha value is -0.620. The Morgan fingerprint density at radius 1 is 1.26 bits per heavy atom. The van der Waals surface area contributed by atoms with Gasteiger partial charge >= 0.3 is 0 Å². The maximum absolute atomic E-state index is 12.4. The Kier molecular flexibility index (Phi) is 5.02. The molecule has 2 fully saturated rings. The van der Waals surface area contributed by atoms with Crippen molar-refractivity contribution in [1.29, 1.82) is 0 Å². The van der Waals surface area contributed by atoms with Gasteiger partial charge in [0.2, 0.25) is 0 Å². The summed E-state index contributed by atoms with van der Waals surface area (Å²) in [7, 11) is -3.30. The van der Waals surface area contributed by atoms with Gasteiger partial charge < -0.3 is 5.32 Å². The Morgan fingerprint density at radius 3 is 2.70 bits per heavy atom. The largest absolute Gasteiger partial charge is 0.317 e. The second kappa shape index (κ2) is 6.71. The van der Waals surface area contributed by atoms with Crippen molar-refractivity contribution in [3.8, 4) is 0 Å². The minimum Gasteiger partial charge on any atom is -0.317 e. The van der Waals surface area contributed by atoms with Crippen LogP contribution in [-0.2, 0) is 16.4 Å². The van der Waals surface area contributed by atoms with Crippen LogP contribution in [0, 0.1) is 5.41 Å². The van der Waals surface area contributed by atoms with Gasteiger partial charge in [-0.3, -0.25) is 4.90 Å². The summed E-state index contributed by atoms with van der Waals surface area (Å²) in [6.45, 7) is 6.64. The van der Waals surface area contributed by atoms with Crippen LogP contribution in [-0.4, -0.2) is 45.2 Å². The van der Waals surface area contributed by atoms with Crippen LogP contribution in [0.2, 0.25) is 5.02 Å². The molecule has 0 saturated carbocycles. The Balaban J connectivity index is 1.80. The van der Waals surface area contributed by atoms with E-state index in [0.29, 0.717) is 21.9 Å². The molecule has 0 amide bonds. The smallest absolute Gasteiger partial charge is 0.179 e. The summed E-state index contributed by atoms with van der Waals surface area (Å²) in [6, 6.07) is 5.43. The second-order valence-electron chi connectivity index (χ2n) is 6.84. The lowest BCUT2D eigenvalue weighted by atomic mass is 9.78. The molecule has 2 aliphatic heterocycles. The highest BCUT2D eigenvalue weighted by Gasteiger charge is 2.39. The molecule has 23 heavy (non-hydrogen) atoms. The van der Waals surface area contributed by atoms with E-state index in [0.717, 1.165) is 31.7 Å². The van der Waals surface area contributed by atoms with Crippen LogP contribution in [0.5, 0.6) is 0 Å². The lowest BCUT2D eigenvalue weighted by molar-refractivity contribution is 0.193. The number of hydrogen-bond acceptors (Lipinski definition) is 4. The third-order valence-electron chi connectivity index (χ3n) is 5.32. The van der Waals surface area contributed by atoms with E-state index in [9.17, 15) is 8.42 Å². The number of hydrogen-bond donors (Lipinski definition) is 1. The molecule has 2 aliphatic rings. The minimum absolute atomic E-state index is 0.0827. The van der Waals surface area contributed by atoms with Crippen molar-refractivity contribution in [2.75, 3.05) is 31.9 Å². The van der Waals surface area contributed by atoms with Crippen LogP contribution < -0.4 is 5.32 Å². The zero-order valence-corrected chi connectivity index (χ0v) is 15.2. The molecule has 1 spiro atoms. The highest BCUT2D eigenvalue weighted by molar-refractivity contribution is 7.91. The number of halogens is 1. The number of piperidine rings is 1. The molecule has 4 nitrogen and oxygen atoms in total. The van der Waals surface area contributed by atoms with Crippen molar-refractivity contribution in [2.45, 2.75) is 37.6 Å². The summed E-state index contributed by atoms with van der Waals surface area (Å²) >= 11 is 6.21. The first-order valence-electron chi connectivity index (χ1n) is 8.39. The Bertz CT molecular complexity index is 669. The van der Waals surface area contributed by atoms with Crippen LogP contribution in [0.25, 0.3) is 0 Å². The van der Waals surface area contributed by atoms with Gasteiger partial charge in [-0.05, 0) is 55.9 Å². The molecular weight excluding hydrogens is 332 g/mol. The molecule has 6 heteroatoms. The lowest BCUT2D eigenvalue weighted by Crippen LogP contribution is -2.38. The highest BCUT2D eigenvalue weighted by Crippen LogP contribution is 2.39. The molecule has 1 aromatic rings. The fraction of sp³-hybridized carbons (Fsp3) is 0.647. The van der Waals surface area contributed by atoms with Gasteiger partial charge in [-0.15, -0.1) is 0 Å². The number of likely N-dealkylation sites (tertiary alicyclic amines) is 1. The predicted octanol–water partition coefficient (Wildman–Crippen LogP) is 2.71. The number of rotatable bonds is 4. The third kappa shape index (κ3) is 3.58. The van der Waals surface area contributed by atoms with Gasteiger partial charge in [0.05, 0.1) is 15.7 Å². The van der Waals surface area contributed by atoms with Gasteiger partial charge in [0, 0.05) is 13.1 Å². The summed E-state index contributed by atoms with van der Waals surface area (Å²) in [4.78, 5) is 2.72. The maximum atomic E-state index is 12.4. The van der Waals surface area contributed by atoms with Crippen molar-refractivity contribution >= 4 is 21.4 Å². The zero-order chi connectivity index (χ0) is 16.5. The summed E-state index contributed by atoms with van der Waals surface area (Å²) in [6.07, 6.45) is 3.66. The van der Waals surface area contributed by atoms with Crippen LogP contribution in [0.3, 0.4) is 0 Å². The monoisotopic (exact) mass is 356 g/mol. The average molecular weight is 357 g/mol. The molecule has 0 aromatic heterocycles. The first-order chi connectivity index (χ1) is 11.0. The van der Waals surface area contributed by atoms with Gasteiger partial charge in [-0.25, -0.2) is 8.42 Å². The van der Waals surface area contributed by atoms with E-state index in [4.69, 9.17) is 11.6 Å². The van der Waals surface area contributed by atoms with E-state index in [-0.39, 0.29) is 5.75 Å². The molecule has 0 atom stereocenters. The number of benzene rings is 1. The summed E-state index contributed by atoms with van der Waals surface area (Å²) in [5.41, 5.74) is 1.26. The van der Waals surface area contributed by atoms with Gasteiger partial charge in [0.15, 0.2) is 9.84 Å². The van der Waals surface area contributed by atoms with Gasteiger partial charge in [-0.1, -0.05) is 30.7 Å². The average Bonchev–Trinajstić information content (AvgIpc) is 2.90. The van der Waals surface area contributed by atoms with Gasteiger partial charge in [0.1, 0.15) is 0 Å². The summed E-state index contributed by atoms with van der Waals surface area (Å²) in [5.74, 6) is 0.0827. The second-order valence-corrected chi connectivity index (χ2v) is 9.46. The van der Waals surface area contributed by atoms with Crippen molar-refractivity contribution < 1.29 is 8.42 Å². The quantitative estimate of drug-likeness (QED) is 0.901. The number of sulfone groups is 1. The van der Waals surface area contributed by atoms with Crippen LogP contribution in [0.1, 0.15) is 31.7 Å². The van der Waals surface area contributed by atoms with Crippen molar-refractivity contribution in [2.24, 2.45) is 5.41 Å². The topological polar surface area (TPSA) is 49.4 Å². The maximum Gasteiger partial charge on any atom is 0.179 e. The zero-order valence-electron chi connectivity index (χ0n) is 13.6. The Labute approximate surface area is 144 Å². The van der Waals surface area contributed by atoms with E-state index in [1.54, 1.807) is 13.0 Å². The van der Waals surface area contributed by atoms with Crippen molar-refractivity contribution in [3.05, 3.63) is 28.8 Å². The van der Waals surface area contributed by atoms with Crippen molar-refractivity contribution in [3.63, 3.8) is 0 Å². The summed E-state index contributed by atoms with van der Waals surface area (Å²) in [5, 5.41) is 3.78. The molecule has 128 valence electrons. The van der Waals surface area contributed by atoms with Gasteiger partial charge in [-0.2, -0.15) is 0 Å². The van der Waals surface area contributed by atoms with Gasteiger partial charge in [0.25, 0.3) is 0 Å². The molecule has 0 radical (unpaired) electrons. The molecule has 0 aliphatic carbocycles. The molecule has 2 heterocycles. The van der Waals surface area contributed by atoms with E-state index >= 15 is 0 Å². The standard InChI is InChI=1S/C17H25ClN2O2S/c1-2-23(21,22)16-14(4-3-5-15(16)18)12-20-11-8-17(13-20)6-9-19-10-7-17/h3-5,19H,2,6-13H2,1H3. The molecular formula is C17H25ClN2O2S. The Morgan fingerprint density at radius 2 is 2.00 bits per heavy atom. The molecule has 0 bridgehead atoms. The van der Waals surface area contributed by atoms with E-state index < -0.39 is 9.84 Å². The van der Waals surface area contributed by atoms with Crippen LogP contribution in [0.4, 0.5) is 0 Å². The van der Waals surface area contributed by atoms with E-state index in [1.165, 1.54) is 19.3 Å².